The van der Waals surface area contributed by atoms with Crippen LogP contribution in [-0.2, 0) is 22.4 Å². The number of methoxy groups -OCH3 is 2. The van der Waals surface area contributed by atoms with Gasteiger partial charge in [-0.2, -0.15) is 20.2 Å². The molecule has 2 N–H and O–H groups in total. The van der Waals surface area contributed by atoms with Crippen molar-refractivity contribution in [3.63, 3.8) is 0 Å². The van der Waals surface area contributed by atoms with Gasteiger partial charge in [-0.15, -0.1) is 0 Å². The highest BCUT2D eigenvalue weighted by molar-refractivity contribution is 6.33. The van der Waals surface area contributed by atoms with Crippen LogP contribution in [0.3, 0.4) is 0 Å². The van der Waals surface area contributed by atoms with Crippen molar-refractivity contribution in [1.82, 2.24) is 0 Å². The molecule has 8 aromatic rings. The smallest absolute Gasteiger partial charge is 0.262 e. The van der Waals surface area contributed by atoms with Crippen LogP contribution in [0.5, 0.6) is 23.0 Å². The van der Waals surface area contributed by atoms with E-state index in [1.165, 1.54) is 24.2 Å². The van der Waals surface area contributed by atoms with Gasteiger partial charge in [-0.3, -0.25) is 19.6 Å². The normalized spacial score (nSPS) is 15.8. The van der Waals surface area contributed by atoms with Crippen LogP contribution in [0.25, 0.3) is 0 Å². The average molecular weight is 1060 g/mol. The van der Waals surface area contributed by atoms with Crippen LogP contribution >= 0.6 is 0 Å². The minimum absolute atomic E-state index is 0.0700. The summed E-state index contributed by atoms with van der Waals surface area (Å²) >= 11 is 0. The molecule has 0 saturated heterocycles. The highest BCUT2D eigenvalue weighted by Gasteiger charge is 2.40. The number of phenols is 2. The van der Waals surface area contributed by atoms with Gasteiger partial charge in [-0.1, -0.05) is 133 Å². The molecule has 0 saturated carbocycles. The van der Waals surface area contributed by atoms with Crippen LogP contribution in [0.4, 0.5) is 34.1 Å². The lowest BCUT2D eigenvalue weighted by Gasteiger charge is -2.17. The van der Waals surface area contributed by atoms with Crippen LogP contribution in [0.15, 0.2) is 236 Å². The molecule has 2 heterocycles. The van der Waals surface area contributed by atoms with Crippen LogP contribution < -0.4 is 19.5 Å². The van der Waals surface area contributed by atoms with Crippen molar-refractivity contribution in [2.24, 2.45) is 42.0 Å². The van der Waals surface area contributed by atoms with E-state index in [1.807, 2.05) is 208 Å². The van der Waals surface area contributed by atoms with Crippen molar-refractivity contribution in [1.29, 1.82) is 0 Å². The Kier molecular flexibility index (Phi) is 16.1. The summed E-state index contributed by atoms with van der Waals surface area (Å²) in [6.07, 6.45) is 8.17. The number of phenolic OH excluding ortho intramolecular Hbond substituents is 2. The number of benzene rings is 8. The Morgan fingerprint density at radius 1 is 0.487 bits per heavy atom. The van der Waals surface area contributed by atoms with E-state index in [2.05, 4.69) is 10.2 Å². The second kappa shape index (κ2) is 24.3. The third kappa shape index (κ3) is 11.6. The van der Waals surface area contributed by atoms with E-state index in [1.54, 1.807) is 24.6 Å². The van der Waals surface area contributed by atoms with Gasteiger partial charge >= 0.3 is 0 Å². The molecule has 2 aliphatic rings. The number of nitrogens with zero attached hydrogens (tertiary/aromatic N) is 8. The summed E-state index contributed by atoms with van der Waals surface area (Å²) in [5.74, 6) is -1.46. The van der Waals surface area contributed by atoms with Crippen LogP contribution in [0.1, 0.15) is 47.2 Å². The van der Waals surface area contributed by atoms with E-state index < -0.39 is 11.8 Å². The predicted octanol–water partition coefficient (Wildman–Crippen LogP) is 13.3. The molecule has 0 spiro atoms. The lowest BCUT2D eigenvalue weighted by Crippen LogP contribution is -2.33. The van der Waals surface area contributed by atoms with Crippen LogP contribution in [0.2, 0.25) is 0 Å². The number of para-hydroxylation sites is 6. The lowest BCUT2D eigenvalue weighted by molar-refractivity contribution is -0.119. The predicted molar refractivity (Wildman–Crippen MR) is 320 cm³/mol. The minimum atomic E-state index is -0.736. The van der Waals surface area contributed by atoms with Gasteiger partial charge in [-0.25, -0.2) is 9.98 Å². The molecule has 80 heavy (non-hydrogen) atoms. The van der Waals surface area contributed by atoms with Gasteiger partial charge in [0.25, 0.3) is 11.8 Å². The van der Waals surface area contributed by atoms with E-state index in [4.69, 9.17) is 29.4 Å². The molecule has 0 radical (unpaired) electrons. The average Bonchev–Trinajstić information content (AvgIpc) is 4.01. The molecule has 0 aliphatic carbocycles. The quantitative estimate of drug-likeness (QED) is 0.0639. The fourth-order valence-electron chi connectivity index (χ4n) is 9.51. The van der Waals surface area contributed by atoms with Gasteiger partial charge < -0.3 is 19.7 Å². The molecule has 0 bridgehead atoms. The Hall–Kier alpha value is -10.3. The first-order valence-electron chi connectivity index (χ1n) is 26.0. The largest absolute Gasteiger partial charge is 0.504 e. The summed E-state index contributed by atoms with van der Waals surface area (Å²) in [6, 6.07) is 59.9. The van der Waals surface area contributed by atoms with E-state index >= 15 is 0 Å². The summed E-state index contributed by atoms with van der Waals surface area (Å²) in [5, 5.41) is 34.9. The highest BCUT2D eigenvalue weighted by Crippen LogP contribution is 2.37. The van der Waals surface area contributed by atoms with E-state index in [-0.39, 0.29) is 34.8 Å². The van der Waals surface area contributed by atoms with Gasteiger partial charge in [0.15, 0.2) is 23.0 Å². The van der Waals surface area contributed by atoms with Crippen LogP contribution in [0, 0.1) is 11.8 Å². The minimum Gasteiger partial charge on any atom is -0.504 e. The van der Waals surface area contributed by atoms with Gasteiger partial charge in [0.1, 0.15) is 11.8 Å². The first-order chi connectivity index (χ1) is 39.1. The number of anilines is 2. The van der Waals surface area contributed by atoms with Crippen molar-refractivity contribution < 1.29 is 29.3 Å². The number of carbonyl (C=O) groups excluding carboxylic acids is 2. The van der Waals surface area contributed by atoms with Crippen LogP contribution in [-0.4, -0.2) is 71.5 Å². The maximum atomic E-state index is 14.1. The topological polar surface area (TPSA) is 174 Å². The summed E-state index contributed by atoms with van der Waals surface area (Å²) in [4.78, 5) is 48.1. The Bertz CT molecular complexity index is 3550. The van der Waals surface area contributed by atoms with E-state index in [0.29, 0.717) is 80.9 Å². The maximum Gasteiger partial charge on any atom is 0.262 e. The van der Waals surface area contributed by atoms with Crippen molar-refractivity contribution in [2.45, 2.75) is 26.7 Å². The second-order valence-electron chi connectivity index (χ2n) is 18.9. The standard InChI is InChI=1S/C66H56N8O6/c1-43-59(65(77)73(71-43)51-29-13-7-14-30-51)61(47-25-9-5-10-26-47)69-55-35-21-19-33-53(55)67-41-49-37-45(39-57(79-3)63(49)75)23-17-18-24-46-38-50(64(76)58(40-46)80-4)42-68-54-34-20-22-36-56(54)70-62(48-27-11-6-12-28-48)60-44(2)72-74(66(60)78)52-31-15-8-16-32-52/h5-22,25-42,59-60,75-76H,23-24H2,1-4H3/b18-17+,67-41?,68-42?,69-61?,70-62?. The monoisotopic (exact) mass is 1060 g/mol. The maximum absolute atomic E-state index is 14.1. The van der Waals surface area contributed by atoms with Gasteiger partial charge in [0.2, 0.25) is 0 Å². The highest BCUT2D eigenvalue weighted by atomic mass is 16.5. The Balaban J connectivity index is 0.875. The van der Waals surface area contributed by atoms with Gasteiger partial charge in [-0.05, 0) is 122 Å². The number of hydrogen-bond acceptors (Lipinski definition) is 12. The van der Waals surface area contributed by atoms with Crippen molar-refractivity contribution in [3.8, 4) is 23.0 Å². The number of rotatable bonds is 18. The molecule has 14 heteroatoms. The molecular formula is C66H56N8O6. The third-order valence-electron chi connectivity index (χ3n) is 13.5. The van der Waals surface area contributed by atoms with E-state index in [0.717, 1.165) is 22.3 Å². The van der Waals surface area contributed by atoms with Crippen molar-refractivity contribution >= 4 is 81.2 Å². The molecule has 2 atom stereocenters. The molecule has 8 aromatic carbocycles. The Morgan fingerprint density at radius 3 is 1.19 bits per heavy atom. The second-order valence-corrected chi connectivity index (χ2v) is 18.9. The fraction of sp³-hybridized carbons (Fsp3) is 0.121. The Labute approximate surface area is 464 Å². The molecule has 10 rings (SSSR count). The summed E-state index contributed by atoms with van der Waals surface area (Å²) in [6.45, 7) is 3.68. The summed E-state index contributed by atoms with van der Waals surface area (Å²) < 4.78 is 11.2. The Morgan fingerprint density at radius 2 is 0.825 bits per heavy atom. The number of carbonyl (C=O) groups is 2. The SMILES string of the molecule is COc1cc(C/C=C/Cc2cc(C=Nc3ccccc3N=C(c3ccccc3)C3C(=O)N(c4ccccc4)N=C3C)c(O)c(OC)c2)cc(C=Nc2ccccc2N=C(c2ccccc2)C2C(=O)N(c3ccccc3)N=C2C)c1O. The molecule has 2 aliphatic heterocycles. The molecule has 0 fully saturated rings. The lowest BCUT2D eigenvalue weighted by atomic mass is 9.92. The number of hydrazone groups is 2. The molecular weight excluding hydrogens is 1000 g/mol. The zero-order valence-corrected chi connectivity index (χ0v) is 44.5. The third-order valence-corrected chi connectivity index (χ3v) is 13.5. The number of hydrogen-bond donors (Lipinski definition) is 2. The molecule has 2 amide bonds. The molecule has 0 aromatic heterocycles. The number of allylic oxidation sites excluding steroid dienone is 2. The molecule has 396 valence electrons. The number of ether oxygens (including phenoxy) is 2. The zero-order valence-electron chi connectivity index (χ0n) is 44.5. The van der Waals surface area contributed by atoms with Gasteiger partial charge in [0.05, 0.1) is 71.2 Å². The number of aromatic hydroxyl groups is 2. The number of aliphatic imine (C=N–C) groups is 4. The van der Waals surface area contributed by atoms with Crippen molar-refractivity contribution in [3.05, 3.63) is 240 Å². The summed E-state index contributed by atoms with van der Waals surface area (Å²) in [5.41, 5.74) is 9.86. The molecule has 14 nitrogen and oxygen atoms in total. The first-order valence-corrected chi connectivity index (χ1v) is 26.0. The van der Waals surface area contributed by atoms with Gasteiger partial charge in [0, 0.05) is 23.6 Å². The fourth-order valence-corrected chi connectivity index (χ4v) is 9.51. The van der Waals surface area contributed by atoms with E-state index in [9.17, 15) is 19.8 Å². The summed E-state index contributed by atoms with van der Waals surface area (Å²) in [7, 11) is 3.00. The number of amides is 2. The zero-order chi connectivity index (χ0) is 55.5. The first kappa shape index (κ1) is 53.1. The molecule has 2 unspecified atom stereocenters. The van der Waals surface area contributed by atoms with Crippen molar-refractivity contribution in [2.75, 3.05) is 24.2 Å².